The predicted molar refractivity (Wildman–Crippen MR) is 182 cm³/mol. The average molecular weight is 671 g/mol. The highest BCUT2D eigenvalue weighted by Gasteiger charge is 2.38. The fraction of sp³-hybridized carbons (Fsp3) is 0.235. The van der Waals surface area contributed by atoms with E-state index in [1.807, 2.05) is 102 Å². The molecule has 7 N–H and O–H groups in total. The van der Waals surface area contributed by atoms with E-state index < -0.39 is 53.9 Å². The van der Waals surface area contributed by atoms with Crippen molar-refractivity contribution in [3.63, 3.8) is 0 Å². The number of rotatable bonds is 10. The number of ether oxygens (including phenoxy) is 1. The second-order valence-corrected chi connectivity index (χ2v) is 11.7. The molecule has 0 aliphatic rings. The zero-order chi connectivity index (χ0) is 35.6. The number of amides is 4. The second-order valence-electron chi connectivity index (χ2n) is 11.7. The average Bonchev–Trinajstić information content (AvgIpc) is 3.39. The maximum absolute atomic E-state index is 13.8. The fourth-order valence-corrected chi connectivity index (χ4v) is 5.00. The van der Waals surface area contributed by atoms with E-state index in [0.717, 1.165) is 16.7 Å². The molecule has 1 atom stereocenters. The third kappa shape index (κ3) is 9.34. The lowest BCUT2D eigenvalue weighted by molar-refractivity contribution is -0.117. The van der Waals surface area contributed by atoms with E-state index in [-0.39, 0.29) is 5.69 Å². The van der Waals surface area contributed by atoms with E-state index in [4.69, 9.17) is 4.74 Å². The first-order chi connectivity index (χ1) is 23.3. The number of carbonyl (C=O) groups is 4. The molecule has 15 heteroatoms. The summed E-state index contributed by atoms with van der Waals surface area (Å²) in [5, 5.41) is 35.3. The predicted octanol–water partition coefficient (Wildman–Crippen LogP) is 4.55. The normalized spacial score (nSPS) is 11.8. The van der Waals surface area contributed by atoms with Gasteiger partial charge < -0.3 is 30.9 Å². The molecule has 0 radical (unpaired) electrons. The molecule has 49 heavy (non-hydrogen) atoms. The van der Waals surface area contributed by atoms with Crippen LogP contribution in [0.1, 0.15) is 37.5 Å². The van der Waals surface area contributed by atoms with Gasteiger partial charge in [0.25, 0.3) is 5.91 Å². The number of anilines is 2. The minimum atomic E-state index is -1.63. The van der Waals surface area contributed by atoms with Crippen LogP contribution in [0, 0.1) is 0 Å². The maximum atomic E-state index is 13.8. The molecule has 0 aliphatic carbocycles. The SMILES string of the molecule is Cn1ncc(NC(=O)[C@H](CNC(=O)OC(C)(C)C)N=C(NC(=O)O)NC(=O)O)c1NC(c1ccccc1)(c1ccccc1)c1ccccc1. The number of nitrogens with zero attached hydrogens (tertiary/aromatic N) is 3. The summed E-state index contributed by atoms with van der Waals surface area (Å²) in [6.07, 6.45) is -2.73. The first kappa shape index (κ1) is 35.5. The Labute approximate surface area is 282 Å². The lowest BCUT2D eigenvalue weighted by atomic mass is 9.77. The standard InChI is InChI=1S/C34H38N8O7/c1-33(2,3)49-32(48)35-20-26(38-29(39-30(44)45)40-31(46)47)28(43)37-25-21-36-42(4)27(25)41-34(22-14-8-5-9-15-22,23-16-10-6-11-17-23)24-18-12-7-13-19-24/h5-19,21,26,41H,20H2,1-4H3,(H,35,48)(H,37,43)(H,44,45)(H,46,47)(H2,38,39,40)/t26-/m0/s1. The number of aromatic nitrogens is 2. The van der Waals surface area contributed by atoms with Crippen molar-refractivity contribution in [1.29, 1.82) is 0 Å². The summed E-state index contributed by atoms with van der Waals surface area (Å²) in [4.78, 5) is 53.0. The van der Waals surface area contributed by atoms with Crippen molar-refractivity contribution in [2.45, 2.75) is 38.0 Å². The van der Waals surface area contributed by atoms with Gasteiger partial charge in [-0.1, -0.05) is 91.0 Å². The molecule has 0 saturated carbocycles. The minimum Gasteiger partial charge on any atom is -0.465 e. The molecule has 4 rings (SSSR count). The Balaban J connectivity index is 1.77. The van der Waals surface area contributed by atoms with Gasteiger partial charge in [-0.05, 0) is 37.5 Å². The zero-order valence-corrected chi connectivity index (χ0v) is 27.3. The lowest BCUT2D eigenvalue weighted by Crippen LogP contribution is -2.47. The lowest BCUT2D eigenvalue weighted by Gasteiger charge is -2.38. The van der Waals surface area contributed by atoms with Crippen LogP contribution in [0.2, 0.25) is 0 Å². The van der Waals surface area contributed by atoms with Gasteiger partial charge in [0.15, 0.2) is 0 Å². The van der Waals surface area contributed by atoms with Crippen LogP contribution in [0.3, 0.4) is 0 Å². The number of carbonyl (C=O) groups excluding carboxylic acids is 2. The van der Waals surface area contributed by atoms with Crippen LogP contribution >= 0.6 is 0 Å². The number of guanidine groups is 1. The molecule has 0 bridgehead atoms. The van der Waals surface area contributed by atoms with E-state index in [1.54, 1.807) is 32.5 Å². The highest BCUT2D eigenvalue weighted by atomic mass is 16.6. The molecule has 1 heterocycles. The van der Waals surface area contributed by atoms with Crippen molar-refractivity contribution < 1.29 is 34.1 Å². The van der Waals surface area contributed by atoms with Crippen molar-refractivity contribution >= 4 is 41.7 Å². The largest absolute Gasteiger partial charge is 0.465 e. The number of aliphatic imine (C=N–C) groups is 1. The Bertz CT molecular complexity index is 1670. The van der Waals surface area contributed by atoms with Crippen LogP contribution in [0.25, 0.3) is 0 Å². The van der Waals surface area contributed by atoms with Crippen molar-refractivity contribution in [2.24, 2.45) is 12.0 Å². The number of benzene rings is 3. The van der Waals surface area contributed by atoms with Gasteiger partial charge >= 0.3 is 18.3 Å². The fourth-order valence-electron chi connectivity index (χ4n) is 5.00. The molecule has 15 nitrogen and oxygen atoms in total. The molecule has 1 aromatic heterocycles. The molecule has 4 aromatic rings. The highest BCUT2D eigenvalue weighted by molar-refractivity contribution is 6.03. The Morgan fingerprint density at radius 1 is 0.816 bits per heavy atom. The molecule has 0 unspecified atom stereocenters. The van der Waals surface area contributed by atoms with Gasteiger partial charge in [0.1, 0.15) is 28.7 Å². The molecule has 256 valence electrons. The maximum Gasteiger partial charge on any atom is 0.411 e. The smallest absolute Gasteiger partial charge is 0.411 e. The molecule has 0 saturated heterocycles. The monoisotopic (exact) mass is 670 g/mol. The number of hydrogen-bond donors (Lipinski definition) is 7. The van der Waals surface area contributed by atoms with Gasteiger partial charge in [0.2, 0.25) is 5.96 Å². The van der Waals surface area contributed by atoms with E-state index in [9.17, 15) is 29.4 Å². The number of carboxylic acid groups (broad SMARTS) is 2. The van der Waals surface area contributed by atoms with E-state index in [1.165, 1.54) is 6.20 Å². The summed E-state index contributed by atoms with van der Waals surface area (Å²) in [6, 6.07) is 27.7. The third-order valence-corrected chi connectivity index (χ3v) is 7.00. The first-order valence-corrected chi connectivity index (χ1v) is 15.1. The number of nitrogens with one attached hydrogen (secondary N) is 5. The van der Waals surface area contributed by atoms with Crippen molar-refractivity contribution in [1.82, 2.24) is 25.7 Å². The van der Waals surface area contributed by atoms with Crippen LogP contribution in [-0.4, -0.2) is 68.3 Å². The van der Waals surface area contributed by atoms with Crippen LogP contribution in [0.4, 0.5) is 25.9 Å². The van der Waals surface area contributed by atoms with Gasteiger partial charge in [-0.15, -0.1) is 0 Å². The summed E-state index contributed by atoms with van der Waals surface area (Å²) in [7, 11) is 1.69. The Morgan fingerprint density at radius 2 is 1.29 bits per heavy atom. The van der Waals surface area contributed by atoms with Crippen LogP contribution in [0.5, 0.6) is 0 Å². The van der Waals surface area contributed by atoms with E-state index >= 15 is 0 Å². The van der Waals surface area contributed by atoms with Crippen LogP contribution in [0.15, 0.2) is 102 Å². The van der Waals surface area contributed by atoms with Gasteiger partial charge in [0.05, 0.1) is 12.7 Å². The minimum absolute atomic E-state index is 0.219. The summed E-state index contributed by atoms with van der Waals surface area (Å²) in [5.74, 6) is -1.19. The Kier molecular flexibility index (Phi) is 11.2. The van der Waals surface area contributed by atoms with E-state index in [2.05, 4.69) is 26.0 Å². The van der Waals surface area contributed by atoms with Gasteiger partial charge in [0, 0.05) is 7.05 Å². The Hall–Kier alpha value is -6.38. The van der Waals surface area contributed by atoms with Crippen molar-refractivity contribution in [3.05, 3.63) is 114 Å². The van der Waals surface area contributed by atoms with Crippen molar-refractivity contribution in [3.8, 4) is 0 Å². The molecule has 4 amide bonds. The topological polar surface area (TPSA) is 208 Å². The molecule has 0 spiro atoms. The number of hydrogen-bond acceptors (Lipinski definition) is 8. The Morgan fingerprint density at radius 3 is 1.71 bits per heavy atom. The summed E-state index contributed by atoms with van der Waals surface area (Å²) >= 11 is 0. The summed E-state index contributed by atoms with van der Waals surface area (Å²) in [6.45, 7) is 4.46. The number of aryl methyl sites for hydroxylation is 1. The molecule has 0 aliphatic heterocycles. The molecule has 0 fully saturated rings. The third-order valence-electron chi connectivity index (χ3n) is 7.00. The quantitative estimate of drug-likeness (QED) is 0.0716. The zero-order valence-electron chi connectivity index (χ0n) is 27.3. The number of alkyl carbamates (subject to hydrolysis) is 1. The molecular formula is C34H38N8O7. The molecular weight excluding hydrogens is 632 g/mol. The molecule has 3 aromatic carbocycles. The van der Waals surface area contributed by atoms with Gasteiger partial charge in [-0.2, -0.15) is 5.10 Å². The second kappa shape index (κ2) is 15.5. The van der Waals surface area contributed by atoms with Crippen LogP contribution in [-0.2, 0) is 22.1 Å². The van der Waals surface area contributed by atoms with Gasteiger partial charge in [-0.25, -0.2) is 19.4 Å². The van der Waals surface area contributed by atoms with Crippen LogP contribution < -0.4 is 26.6 Å². The summed E-state index contributed by atoms with van der Waals surface area (Å²) < 4.78 is 6.79. The van der Waals surface area contributed by atoms with E-state index in [0.29, 0.717) is 5.82 Å². The summed E-state index contributed by atoms with van der Waals surface area (Å²) in [5.41, 5.74) is 1.04. The first-order valence-electron chi connectivity index (χ1n) is 15.1. The van der Waals surface area contributed by atoms with Crippen molar-refractivity contribution in [2.75, 3.05) is 17.2 Å². The highest BCUT2D eigenvalue weighted by Crippen LogP contribution is 2.41. The van der Waals surface area contributed by atoms with Gasteiger partial charge in [-0.3, -0.25) is 20.1 Å².